The number of hydrogen-bond acceptors (Lipinski definition) is 6. The van der Waals surface area contributed by atoms with Crippen molar-refractivity contribution in [2.24, 2.45) is 0 Å². The number of para-hydroxylation sites is 2. The van der Waals surface area contributed by atoms with Crippen molar-refractivity contribution >= 4 is 45.0 Å². The predicted molar refractivity (Wildman–Crippen MR) is 137 cm³/mol. The van der Waals surface area contributed by atoms with Crippen molar-refractivity contribution in [3.05, 3.63) is 47.5 Å². The van der Waals surface area contributed by atoms with Gasteiger partial charge in [0.15, 0.2) is 16.6 Å². The van der Waals surface area contributed by atoms with Crippen molar-refractivity contribution in [1.82, 2.24) is 9.88 Å². The number of hydrogen-bond donors (Lipinski definition) is 0. The Hall–Kier alpha value is -2.35. The standard InChI is InChI=1S/C25H31N3O3S.ClH/c1-6-27(7-2)14-15-28(25-26-22-17(4)16(3)12-13-21(22)32-25)24(29)23-18(5)30-19-10-8-9-11-20(19)31-23;/h8-13,18,23H,6-7,14-15H2,1-5H3;1H. The molecule has 8 heteroatoms. The van der Waals surface area contributed by atoms with Crippen LogP contribution >= 0.6 is 23.7 Å². The molecule has 0 N–H and O–H groups in total. The van der Waals surface area contributed by atoms with Crippen molar-refractivity contribution in [1.29, 1.82) is 0 Å². The van der Waals surface area contributed by atoms with Gasteiger partial charge < -0.3 is 14.4 Å². The van der Waals surface area contributed by atoms with Crippen molar-refractivity contribution in [3.63, 3.8) is 0 Å². The average Bonchev–Trinajstić information content (AvgIpc) is 3.23. The normalized spacial score (nSPS) is 17.2. The Morgan fingerprint density at radius 3 is 2.36 bits per heavy atom. The minimum Gasteiger partial charge on any atom is -0.482 e. The van der Waals surface area contributed by atoms with E-state index in [0.29, 0.717) is 23.2 Å². The maximum Gasteiger partial charge on any atom is 0.273 e. The Bertz CT molecular complexity index is 1120. The van der Waals surface area contributed by atoms with Gasteiger partial charge in [0.05, 0.1) is 10.2 Å². The lowest BCUT2D eigenvalue weighted by Gasteiger charge is -2.34. The monoisotopic (exact) mass is 489 g/mol. The molecule has 0 saturated carbocycles. The molecule has 1 aromatic heterocycles. The van der Waals surface area contributed by atoms with Gasteiger partial charge in [-0.3, -0.25) is 9.69 Å². The first kappa shape index (κ1) is 25.3. The second-order valence-electron chi connectivity index (χ2n) is 8.18. The first-order chi connectivity index (χ1) is 15.4. The van der Waals surface area contributed by atoms with Gasteiger partial charge in [-0.2, -0.15) is 0 Å². The summed E-state index contributed by atoms with van der Waals surface area (Å²) in [5, 5.41) is 0.709. The third-order valence-corrected chi connectivity index (χ3v) is 7.23. The van der Waals surface area contributed by atoms with Gasteiger partial charge in [0, 0.05) is 13.1 Å². The summed E-state index contributed by atoms with van der Waals surface area (Å²) in [4.78, 5) is 22.8. The molecule has 1 aliphatic heterocycles. The molecule has 1 aliphatic rings. The summed E-state index contributed by atoms with van der Waals surface area (Å²) in [6.07, 6.45) is -1.12. The molecule has 2 atom stereocenters. The average molecular weight is 490 g/mol. The SMILES string of the molecule is CCN(CC)CCN(C(=O)C1Oc2ccccc2OC1C)c1nc2c(C)c(C)ccc2s1.Cl. The van der Waals surface area contributed by atoms with E-state index in [9.17, 15) is 4.79 Å². The van der Waals surface area contributed by atoms with Crippen molar-refractivity contribution in [3.8, 4) is 11.5 Å². The van der Waals surface area contributed by atoms with Crippen LogP contribution in [0.15, 0.2) is 36.4 Å². The van der Waals surface area contributed by atoms with Crippen LogP contribution in [0.1, 0.15) is 31.9 Å². The molecule has 0 bridgehead atoms. The van der Waals surface area contributed by atoms with Gasteiger partial charge in [-0.05, 0) is 63.2 Å². The van der Waals surface area contributed by atoms with Crippen LogP contribution < -0.4 is 14.4 Å². The number of benzene rings is 2. The van der Waals surface area contributed by atoms with Crippen LogP contribution in [0.25, 0.3) is 10.2 Å². The fourth-order valence-electron chi connectivity index (χ4n) is 3.96. The van der Waals surface area contributed by atoms with Gasteiger partial charge in [-0.1, -0.05) is 43.4 Å². The summed E-state index contributed by atoms with van der Waals surface area (Å²) in [5.74, 6) is 1.15. The molecule has 2 heterocycles. The van der Waals surface area contributed by atoms with Gasteiger partial charge in [-0.15, -0.1) is 12.4 Å². The number of carbonyl (C=O) groups is 1. The number of likely N-dealkylation sites (N-methyl/N-ethyl adjacent to an activating group) is 1. The molecular weight excluding hydrogens is 458 g/mol. The maximum absolute atomic E-state index is 13.8. The van der Waals surface area contributed by atoms with Gasteiger partial charge in [0.1, 0.15) is 6.10 Å². The molecule has 1 amide bonds. The fourth-order valence-corrected chi connectivity index (χ4v) is 5.01. The molecule has 0 radical (unpaired) electrons. The second kappa shape index (κ2) is 10.7. The van der Waals surface area contributed by atoms with E-state index >= 15 is 0 Å². The summed E-state index contributed by atoms with van der Waals surface area (Å²) in [6, 6.07) is 11.7. The molecule has 0 spiro atoms. The zero-order valence-electron chi connectivity index (χ0n) is 19.8. The number of nitrogens with zero attached hydrogens (tertiary/aromatic N) is 3. The Labute approximate surface area is 205 Å². The van der Waals surface area contributed by atoms with Crippen LogP contribution in [0.5, 0.6) is 11.5 Å². The first-order valence-electron chi connectivity index (χ1n) is 11.3. The van der Waals surface area contributed by atoms with E-state index in [2.05, 4.69) is 44.7 Å². The van der Waals surface area contributed by atoms with Crippen LogP contribution in [0.2, 0.25) is 0 Å². The van der Waals surface area contributed by atoms with Crippen LogP contribution in [-0.4, -0.2) is 54.2 Å². The molecule has 2 aromatic carbocycles. The van der Waals surface area contributed by atoms with E-state index in [1.165, 1.54) is 5.56 Å². The minimum absolute atomic E-state index is 0. The summed E-state index contributed by atoms with van der Waals surface area (Å²) in [7, 11) is 0. The summed E-state index contributed by atoms with van der Waals surface area (Å²) < 4.78 is 13.2. The van der Waals surface area contributed by atoms with E-state index in [-0.39, 0.29) is 18.3 Å². The van der Waals surface area contributed by atoms with Gasteiger partial charge in [-0.25, -0.2) is 4.98 Å². The fraction of sp³-hybridized carbons (Fsp3) is 0.440. The molecule has 33 heavy (non-hydrogen) atoms. The lowest BCUT2D eigenvalue weighted by molar-refractivity contribution is -0.130. The van der Waals surface area contributed by atoms with Crippen LogP contribution in [0.3, 0.4) is 0 Å². The minimum atomic E-state index is -0.726. The summed E-state index contributed by atoms with van der Waals surface area (Å²) >= 11 is 1.55. The molecule has 6 nitrogen and oxygen atoms in total. The zero-order chi connectivity index (χ0) is 22.8. The third-order valence-electron chi connectivity index (χ3n) is 6.19. The van der Waals surface area contributed by atoms with Crippen molar-refractivity contribution in [2.45, 2.75) is 46.8 Å². The number of thiazole rings is 1. The number of carbonyl (C=O) groups excluding carboxylic acids is 1. The number of amides is 1. The van der Waals surface area contributed by atoms with E-state index in [1.54, 1.807) is 16.2 Å². The molecule has 2 unspecified atom stereocenters. The number of anilines is 1. The number of aryl methyl sites for hydroxylation is 2. The van der Waals surface area contributed by atoms with E-state index in [1.807, 2.05) is 31.2 Å². The van der Waals surface area contributed by atoms with Gasteiger partial charge in [0.25, 0.3) is 5.91 Å². The number of fused-ring (bicyclic) bond motifs is 2. The second-order valence-corrected chi connectivity index (χ2v) is 9.18. The number of rotatable bonds is 7. The summed E-state index contributed by atoms with van der Waals surface area (Å²) in [5.41, 5.74) is 3.31. The summed E-state index contributed by atoms with van der Waals surface area (Å²) in [6.45, 7) is 13.5. The molecule has 4 rings (SSSR count). The number of aromatic nitrogens is 1. The van der Waals surface area contributed by atoms with E-state index in [4.69, 9.17) is 14.5 Å². The van der Waals surface area contributed by atoms with Gasteiger partial charge in [0.2, 0.25) is 6.10 Å². The molecule has 3 aromatic rings. The predicted octanol–water partition coefficient (Wildman–Crippen LogP) is 5.24. The maximum atomic E-state index is 13.8. The topological polar surface area (TPSA) is 54.9 Å². The molecular formula is C25H32ClN3O3S. The van der Waals surface area contributed by atoms with E-state index < -0.39 is 12.2 Å². The Balaban J connectivity index is 0.00000306. The Morgan fingerprint density at radius 1 is 1.03 bits per heavy atom. The van der Waals surface area contributed by atoms with Crippen LogP contribution in [0.4, 0.5) is 5.13 Å². The highest BCUT2D eigenvalue weighted by molar-refractivity contribution is 7.22. The molecule has 178 valence electrons. The van der Waals surface area contributed by atoms with Crippen molar-refractivity contribution in [2.75, 3.05) is 31.1 Å². The highest BCUT2D eigenvalue weighted by atomic mass is 35.5. The molecule has 0 fully saturated rings. The molecule has 0 aliphatic carbocycles. The Kier molecular flexibility index (Phi) is 8.21. The van der Waals surface area contributed by atoms with Crippen LogP contribution in [-0.2, 0) is 4.79 Å². The highest BCUT2D eigenvalue weighted by Gasteiger charge is 2.38. The smallest absolute Gasteiger partial charge is 0.273 e. The zero-order valence-corrected chi connectivity index (χ0v) is 21.5. The number of halogens is 1. The Morgan fingerprint density at radius 2 is 1.70 bits per heavy atom. The third kappa shape index (κ3) is 5.10. The number of ether oxygens (including phenoxy) is 2. The van der Waals surface area contributed by atoms with Gasteiger partial charge >= 0.3 is 0 Å². The lowest BCUT2D eigenvalue weighted by atomic mass is 10.1. The molecule has 0 saturated heterocycles. The van der Waals surface area contributed by atoms with Crippen molar-refractivity contribution < 1.29 is 14.3 Å². The largest absolute Gasteiger partial charge is 0.482 e. The highest BCUT2D eigenvalue weighted by Crippen LogP contribution is 2.36. The van der Waals surface area contributed by atoms with E-state index in [0.717, 1.165) is 35.4 Å². The lowest BCUT2D eigenvalue weighted by Crippen LogP contribution is -2.52. The quantitative estimate of drug-likeness (QED) is 0.454. The van der Waals surface area contributed by atoms with Crippen LogP contribution in [0, 0.1) is 13.8 Å². The first-order valence-corrected chi connectivity index (χ1v) is 12.1.